The van der Waals surface area contributed by atoms with E-state index in [4.69, 9.17) is 9.72 Å². The molecule has 2 aromatic rings. The molecule has 7 nitrogen and oxygen atoms in total. The molecule has 1 aromatic heterocycles. The van der Waals surface area contributed by atoms with Crippen LogP contribution in [-0.2, 0) is 19.3 Å². The molecule has 3 aliphatic rings. The number of para-hydroxylation sites is 1. The van der Waals surface area contributed by atoms with Gasteiger partial charge in [0, 0.05) is 51.3 Å². The Morgan fingerprint density at radius 2 is 1.88 bits per heavy atom. The molecule has 34 heavy (non-hydrogen) atoms. The van der Waals surface area contributed by atoms with Crippen LogP contribution < -0.4 is 10.1 Å². The molecule has 7 heteroatoms. The maximum absolute atomic E-state index is 12.5. The zero-order valence-electron chi connectivity index (χ0n) is 20.0. The van der Waals surface area contributed by atoms with Crippen LogP contribution in [0, 0.1) is 0 Å². The highest BCUT2D eigenvalue weighted by Crippen LogP contribution is 2.23. The average molecular weight is 465 g/mol. The summed E-state index contributed by atoms with van der Waals surface area (Å²) in [6, 6.07) is 12.6. The number of hydrogen-bond acceptors (Lipinski definition) is 5. The van der Waals surface area contributed by atoms with Crippen molar-refractivity contribution < 1.29 is 14.6 Å². The number of aliphatic hydroxyl groups is 1. The number of urea groups is 1. The van der Waals surface area contributed by atoms with Gasteiger partial charge in [-0.2, -0.15) is 0 Å². The van der Waals surface area contributed by atoms with Crippen LogP contribution in [0.4, 0.5) is 10.6 Å². The molecule has 4 heterocycles. The molecule has 0 saturated carbocycles. The van der Waals surface area contributed by atoms with Gasteiger partial charge in [-0.15, -0.1) is 0 Å². The Morgan fingerprint density at radius 1 is 1.06 bits per heavy atom. The number of carbonyl (C=O) groups excluding carboxylic acids is 1. The molecular formula is C27H36N4O3. The summed E-state index contributed by atoms with van der Waals surface area (Å²) in [6.45, 7) is 8.23. The molecule has 0 unspecified atom stereocenters. The molecule has 1 saturated heterocycles. The first kappa shape index (κ1) is 23.9. The summed E-state index contributed by atoms with van der Waals surface area (Å²) in [7, 11) is 0. The topological polar surface area (TPSA) is 77.9 Å². The number of nitrogens with one attached hydrogen (secondary N) is 1. The Hall–Kier alpha value is -3.22. The number of nitrogens with zero attached hydrogens (tertiary/aromatic N) is 3. The Kier molecular flexibility index (Phi) is 8.28. The second-order valence-electron chi connectivity index (χ2n) is 9.08. The first-order chi connectivity index (χ1) is 16.6. The highest BCUT2D eigenvalue weighted by molar-refractivity contribution is 5.75. The monoisotopic (exact) mass is 464 g/mol. The van der Waals surface area contributed by atoms with Gasteiger partial charge in [-0.25, -0.2) is 9.78 Å². The van der Waals surface area contributed by atoms with Gasteiger partial charge >= 0.3 is 6.03 Å². The van der Waals surface area contributed by atoms with Gasteiger partial charge in [0.2, 0.25) is 0 Å². The van der Waals surface area contributed by atoms with Crippen molar-refractivity contribution in [3.8, 4) is 5.75 Å². The van der Waals surface area contributed by atoms with E-state index in [1.807, 2.05) is 28.0 Å². The highest BCUT2D eigenvalue weighted by Gasteiger charge is 2.24. The molecule has 0 spiro atoms. The predicted molar refractivity (Wildman–Crippen MR) is 135 cm³/mol. The highest BCUT2D eigenvalue weighted by atomic mass is 16.5. The van der Waals surface area contributed by atoms with E-state index in [1.54, 1.807) is 0 Å². The first-order valence-electron chi connectivity index (χ1n) is 12.4. The van der Waals surface area contributed by atoms with E-state index in [1.165, 1.54) is 17.5 Å². The fourth-order valence-corrected chi connectivity index (χ4v) is 4.60. The van der Waals surface area contributed by atoms with Gasteiger partial charge in [0.15, 0.2) is 0 Å². The van der Waals surface area contributed by atoms with Crippen LogP contribution in [-0.4, -0.2) is 65.3 Å². The number of aromatic nitrogens is 1. The molecule has 0 aliphatic carbocycles. The molecule has 0 bridgehead atoms. The van der Waals surface area contributed by atoms with E-state index in [2.05, 4.69) is 30.1 Å². The average Bonchev–Trinajstić information content (AvgIpc) is 3.34. The molecular weight excluding hydrogens is 428 g/mol. The number of aliphatic hydroxyl groups excluding tert-OH is 1. The number of fused-ring (bicyclic) bond motifs is 2. The van der Waals surface area contributed by atoms with Crippen LogP contribution in [0.5, 0.6) is 5.75 Å². The lowest BCUT2D eigenvalue weighted by molar-refractivity contribution is 0.128. The Balaban J connectivity index is 0.000000252. The van der Waals surface area contributed by atoms with Crippen molar-refractivity contribution in [3.63, 3.8) is 0 Å². The van der Waals surface area contributed by atoms with Crippen molar-refractivity contribution in [1.29, 1.82) is 0 Å². The third-order valence-electron chi connectivity index (χ3n) is 6.48. The maximum Gasteiger partial charge on any atom is 0.320 e. The normalized spacial score (nSPS) is 16.5. The molecule has 3 aliphatic heterocycles. The first-order valence-corrected chi connectivity index (χ1v) is 12.4. The van der Waals surface area contributed by atoms with Crippen molar-refractivity contribution in [2.75, 3.05) is 44.6 Å². The largest absolute Gasteiger partial charge is 0.513 e. The standard InChI is InChI=1S/C19H28N4O2.C8H8O/c1-15(24)9-14-23-13-4-12-22(19(23)25)11-3-6-17-8-7-16-5-2-10-20-18(16)21-17;1-2-4-8-7(3-1)5-6-9-8/h7-8,24H,1-6,9-14H2,(H,20,21);1-4H,5-6H2. The molecule has 182 valence electrons. The number of ether oxygens (including phenoxy) is 1. The zero-order chi connectivity index (χ0) is 23.8. The Labute approximate surface area is 202 Å². The van der Waals surface area contributed by atoms with E-state index < -0.39 is 0 Å². The van der Waals surface area contributed by atoms with Gasteiger partial charge < -0.3 is 25.0 Å². The summed E-state index contributed by atoms with van der Waals surface area (Å²) in [4.78, 5) is 20.9. The summed E-state index contributed by atoms with van der Waals surface area (Å²) >= 11 is 0. The minimum Gasteiger partial charge on any atom is -0.513 e. The number of rotatable bonds is 7. The smallest absolute Gasteiger partial charge is 0.320 e. The summed E-state index contributed by atoms with van der Waals surface area (Å²) in [5.41, 5.74) is 3.74. The van der Waals surface area contributed by atoms with E-state index >= 15 is 0 Å². The van der Waals surface area contributed by atoms with Crippen LogP contribution in [0.3, 0.4) is 0 Å². The maximum atomic E-state index is 12.5. The lowest BCUT2D eigenvalue weighted by Crippen LogP contribution is -2.49. The third-order valence-corrected chi connectivity index (χ3v) is 6.48. The molecule has 1 aromatic carbocycles. The summed E-state index contributed by atoms with van der Waals surface area (Å²) in [5.74, 6) is 2.24. The van der Waals surface area contributed by atoms with E-state index in [0.717, 1.165) is 82.2 Å². The molecule has 2 N–H and O–H groups in total. The summed E-state index contributed by atoms with van der Waals surface area (Å²) < 4.78 is 5.30. The van der Waals surface area contributed by atoms with Crippen LogP contribution in [0.15, 0.2) is 48.7 Å². The minimum absolute atomic E-state index is 0.0765. The number of amides is 2. The van der Waals surface area contributed by atoms with Crippen LogP contribution in [0.25, 0.3) is 0 Å². The SMILES string of the molecule is C=C(O)CCN1CCCN(CCCc2ccc3c(n2)NCCC3)C1=O.c1ccc2c(c1)CCO2. The second-order valence-corrected chi connectivity index (χ2v) is 9.08. The molecule has 0 atom stereocenters. The quantitative estimate of drug-likeness (QED) is 0.587. The van der Waals surface area contributed by atoms with Gasteiger partial charge in [-0.05, 0) is 55.4 Å². The minimum atomic E-state index is 0.0765. The molecule has 2 amide bonds. The summed E-state index contributed by atoms with van der Waals surface area (Å²) in [5, 5.41) is 12.6. The second kappa shape index (κ2) is 11.8. The zero-order valence-corrected chi connectivity index (χ0v) is 20.0. The van der Waals surface area contributed by atoms with E-state index in [0.29, 0.717) is 13.0 Å². The van der Waals surface area contributed by atoms with Crippen molar-refractivity contribution in [3.05, 3.63) is 65.6 Å². The predicted octanol–water partition coefficient (Wildman–Crippen LogP) is 4.58. The molecule has 0 radical (unpaired) electrons. The van der Waals surface area contributed by atoms with Gasteiger partial charge in [-0.3, -0.25) is 0 Å². The number of benzene rings is 1. The van der Waals surface area contributed by atoms with Crippen LogP contribution in [0.2, 0.25) is 0 Å². The number of anilines is 1. The number of pyridine rings is 1. The lowest BCUT2D eigenvalue weighted by Gasteiger charge is -2.35. The van der Waals surface area contributed by atoms with Gasteiger partial charge in [0.25, 0.3) is 0 Å². The van der Waals surface area contributed by atoms with E-state index in [-0.39, 0.29) is 11.8 Å². The van der Waals surface area contributed by atoms with Crippen molar-refractivity contribution in [2.45, 2.75) is 44.9 Å². The van der Waals surface area contributed by atoms with Gasteiger partial charge in [0.1, 0.15) is 11.6 Å². The Bertz CT molecular complexity index is 971. The van der Waals surface area contributed by atoms with Crippen molar-refractivity contribution in [2.24, 2.45) is 0 Å². The Morgan fingerprint density at radius 3 is 2.71 bits per heavy atom. The van der Waals surface area contributed by atoms with Crippen molar-refractivity contribution in [1.82, 2.24) is 14.8 Å². The van der Waals surface area contributed by atoms with Crippen molar-refractivity contribution >= 4 is 11.8 Å². The number of hydrogen-bond donors (Lipinski definition) is 2. The van der Waals surface area contributed by atoms with Gasteiger partial charge in [0.05, 0.1) is 12.4 Å². The van der Waals surface area contributed by atoms with Crippen LogP contribution >= 0.6 is 0 Å². The number of aryl methyl sites for hydroxylation is 2. The summed E-state index contributed by atoms with van der Waals surface area (Å²) in [6.07, 6.45) is 6.58. The van der Waals surface area contributed by atoms with Crippen LogP contribution in [0.1, 0.15) is 42.5 Å². The lowest BCUT2D eigenvalue weighted by atomic mass is 10.1. The van der Waals surface area contributed by atoms with Gasteiger partial charge in [-0.1, -0.05) is 30.8 Å². The molecule has 1 fully saturated rings. The van der Waals surface area contributed by atoms with E-state index in [9.17, 15) is 9.90 Å². The fraction of sp³-hybridized carbons (Fsp3) is 0.481. The molecule has 5 rings (SSSR count). The fourth-order valence-electron chi connectivity index (χ4n) is 4.60. The third kappa shape index (κ3) is 6.43. The number of carbonyl (C=O) groups is 1.